The van der Waals surface area contributed by atoms with Gasteiger partial charge in [0.2, 0.25) is 0 Å². The summed E-state index contributed by atoms with van der Waals surface area (Å²) < 4.78 is 44.7. The average Bonchev–Trinajstić information content (AvgIpc) is 2.78. The minimum absolute atomic E-state index is 0.000421. The van der Waals surface area contributed by atoms with Crippen molar-refractivity contribution in [1.29, 1.82) is 0 Å². The maximum absolute atomic E-state index is 13.1. The van der Waals surface area contributed by atoms with Crippen molar-refractivity contribution in [2.45, 2.75) is 45.3 Å². The summed E-state index contributed by atoms with van der Waals surface area (Å²) in [6, 6.07) is 0. The molecule has 0 fully saturated rings. The number of hydrogen-bond donors (Lipinski definition) is 0. The van der Waals surface area contributed by atoms with Crippen LogP contribution in [0.5, 0.6) is 0 Å². The van der Waals surface area contributed by atoms with E-state index in [1.54, 1.807) is 6.92 Å². The number of halogens is 3. The Morgan fingerprint density at radius 1 is 1.53 bits per heavy atom. The molecule has 1 aliphatic rings. The highest BCUT2D eigenvalue weighted by molar-refractivity contribution is 5.69. The van der Waals surface area contributed by atoms with Gasteiger partial charge in [-0.1, -0.05) is 6.92 Å². The van der Waals surface area contributed by atoms with E-state index in [4.69, 9.17) is 0 Å². The first-order valence-corrected chi connectivity index (χ1v) is 6.17. The van der Waals surface area contributed by atoms with Gasteiger partial charge in [-0.15, -0.1) is 0 Å². The molecule has 1 aromatic heterocycles. The molecule has 4 nitrogen and oxygen atoms in total. The monoisotopic (exact) mass is 276 g/mol. The van der Waals surface area contributed by atoms with E-state index in [0.29, 0.717) is 18.5 Å². The van der Waals surface area contributed by atoms with Crippen molar-refractivity contribution in [3.63, 3.8) is 0 Å². The van der Waals surface area contributed by atoms with Crippen LogP contribution in [0.25, 0.3) is 0 Å². The first-order chi connectivity index (χ1) is 8.84. The van der Waals surface area contributed by atoms with Gasteiger partial charge in [0.1, 0.15) is 12.2 Å². The third-order valence-electron chi connectivity index (χ3n) is 3.23. The Hall–Kier alpha value is -1.53. The van der Waals surface area contributed by atoms with Crippen LogP contribution < -0.4 is 0 Å². The van der Waals surface area contributed by atoms with Crippen molar-refractivity contribution in [3.8, 4) is 0 Å². The summed E-state index contributed by atoms with van der Waals surface area (Å²) in [6.07, 6.45) is -3.48. The number of fused-ring (bicyclic) bond motifs is 1. The van der Waals surface area contributed by atoms with Crippen LogP contribution in [-0.4, -0.2) is 22.4 Å². The average molecular weight is 276 g/mol. The molecule has 106 valence electrons. The first kappa shape index (κ1) is 13.9. The molecule has 0 N–H and O–H groups in total. The van der Waals surface area contributed by atoms with Crippen LogP contribution in [0.4, 0.5) is 13.2 Å². The molecule has 1 unspecified atom stereocenters. The van der Waals surface area contributed by atoms with Crippen LogP contribution in [0.1, 0.15) is 43.1 Å². The molecule has 0 radical (unpaired) electrons. The minimum Gasteiger partial charge on any atom is -0.465 e. The molecule has 1 aromatic rings. The van der Waals surface area contributed by atoms with E-state index in [-0.39, 0.29) is 18.1 Å². The molecule has 0 saturated heterocycles. The molecule has 0 aromatic carbocycles. The van der Waals surface area contributed by atoms with Crippen LogP contribution in [0.3, 0.4) is 0 Å². The summed E-state index contributed by atoms with van der Waals surface area (Å²) >= 11 is 0. The van der Waals surface area contributed by atoms with Crippen molar-refractivity contribution in [3.05, 3.63) is 17.0 Å². The fourth-order valence-electron chi connectivity index (χ4n) is 2.42. The van der Waals surface area contributed by atoms with Gasteiger partial charge in [0.25, 0.3) is 0 Å². The normalized spacial score (nSPS) is 18.5. The molecule has 1 heterocycles. The van der Waals surface area contributed by atoms with Crippen LogP contribution in [-0.2, 0) is 28.7 Å². The predicted molar refractivity (Wildman–Crippen MR) is 60.6 cm³/mol. The molecule has 1 aliphatic carbocycles. The summed E-state index contributed by atoms with van der Waals surface area (Å²) in [6.45, 7) is 3.08. The zero-order chi connectivity index (χ0) is 14.2. The van der Waals surface area contributed by atoms with E-state index in [2.05, 4.69) is 9.84 Å². The highest BCUT2D eigenvalue weighted by Gasteiger charge is 2.42. The molecule has 0 amide bonds. The Morgan fingerprint density at radius 3 is 2.79 bits per heavy atom. The lowest BCUT2D eigenvalue weighted by Crippen LogP contribution is -2.22. The molecule has 0 saturated carbocycles. The number of hydrogen-bond acceptors (Lipinski definition) is 3. The Kier molecular flexibility index (Phi) is 3.56. The lowest BCUT2D eigenvalue weighted by atomic mass is 10.1. The first-order valence-electron chi connectivity index (χ1n) is 6.17. The minimum atomic E-state index is -4.50. The van der Waals surface area contributed by atoms with Crippen LogP contribution in [0.15, 0.2) is 0 Å². The molecule has 0 bridgehead atoms. The number of aromatic nitrogens is 2. The number of ether oxygens (including phenoxy) is 1. The van der Waals surface area contributed by atoms with Gasteiger partial charge in [-0.3, -0.25) is 4.79 Å². The third kappa shape index (κ3) is 2.59. The van der Waals surface area contributed by atoms with Gasteiger partial charge in [-0.05, 0) is 19.8 Å². The number of carbonyl (C=O) groups excluding carboxylic acids is 1. The fraction of sp³-hybridized carbons (Fsp3) is 0.667. The topological polar surface area (TPSA) is 44.1 Å². The molecule has 0 aliphatic heterocycles. The quantitative estimate of drug-likeness (QED) is 0.797. The lowest BCUT2D eigenvalue weighted by Gasteiger charge is -2.11. The summed E-state index contributed by atoms with van der Waals surface area (Å²) in [5, 5.41) is 3.96. The van der Waals surface area contributed by atoms with Crippen LogP contribution in [0, 0.1) is 0 Å². The molecule has 0 spiro atoms. The smallest absolute Gasteiger partial charge is 0.433 e. The van der Waals surface area contributed by atoms with E-state index in [1.165, 1.54) is 0 Å². The highest BCUT2D eigenvalue weighted by Crippen LogP contribution is 2.41. The Balaban J connectivity index is 2.38. The summed E-state index contributed by atoms with van der Waals surface area (Å²) in [5.74, 6) is -0.707. The number of nitrogens with zero attached hydrogens (tertiary/aromatic N) is 2. The van der Waals surface area contributed by atoms with Crippen molar-refractivity contribution in [2.75, 3.05) is 6.61 Å². The van der Waals surface area contributed by atoms with E-state index in [9.17, 15) is 18.0 Å². The summed E-state index contributed by atoms with van der Waals surface area (Å²) in [7, 11) is 0. The predicted octanol–water partition coefficient (Wildman–Crippen LogP) is 2.51. The second kappa shape index (κ2) is 4.86. The number of esters is 1. The van der Waals surface area contributed by atoms with Gasteiger partial charge in [0.15, 0.2) is 0 Å². The SMILES string of the molecule is CCOC(=O)Cn1nc2c(c1C(F)(F)F)CCC2C. The highest BCUT2D eigenvalue weighted by atomic mass is 19.4. The Labute approximate surface area is 108 Å². The van der Waals surface area contributed by atoms with Crippen LogP contribution in [0.2, 0.25) is 0 Å². The summed E-state index contributed by atoms with van der Waals surface area (Å²) in [5.41, 5.74) is -0.124. The number of alkyl halides is 3. The van der Waals surface area contributed by atoms with E-state index in [1.807, 2.05) is 6.92 Å². The number of rotatable bonds is 3. The molecule has 2 rings (SSSR count). The summed E-state index contributed by atoms with van der Waals surface area (Å²) in [4.78, 5) is 11.3. The van der Waals surface area contributed by atoms with Crippen molar-refractivity contribution < 1.29 is 22.7 Å². The molecular formula is C12H15F3N2O2. The molecule has 19 heavy (non-hydrogen) atoms. The van der Waals surface area contributed by atoms with Gasteiger partial charge in [-0.2, -0.15) is 18.3 Å². The van der Waals surface area contributed by atoms with Gasteiger partial charge in [-0.25, -0.2) is 4.68 Å². The molecule has 7 heteroatoms. The van der Waals surface area contributed by atoms with E-state index < -0.39 is 24.4 Å². The van der Waals surface area contributed by atoms with E-state index >= 15 is 0 Å². The Morgan fingerprint density at radius 2 is 2.21 bits per heavy atom. The van der Waals surface area contributed by atoms with Gasteiger partial charge in [0, 0.05) is 11.5 Å². The van der Waals surface area contributed by atoms with Crippen LogP contribution >= 0.6 is 0 Å². The zero-order valence-corrected chi connectivity index (χ0v) is 10.8. The Bertz CT molecular complexity index is 494. The van der Waals surface area contributed by atoms with E-state index in [0.717, 1.165) is 4.68 Å². The van der Waals surface area contributed by atoms with Gasteiger partial charge >= 0.3 is 12.1 Å². The maximum atomic E-state index is 13.1. The van der Waals surface area contributed by atoms with Crippen molar-refractivity contribution in [2.24, 2.45) is 0 Å². The fourth-order valence-corrected chi connectivity index (χ4v) is 2.42. The maximum Gasteiger partial charge on any atom is 0.433 e. The standard InChI is InChI=1S/C12H15F3N2O2/c1-3-19-9(18)6-17-11(12(13,14)15)8-5-4-7(2)10(8)16-17/h7H,3-6H2,1-2H3. The zero-order valence-electron chi connectivity index (χ0n) is 10.8. The van der Waals surface area contributed by atoms with Gasteiger partial charge in [0.05, 0.1) is 12.3 Å². The van der Waals surface area contributed by atoms with Crippen molar-refractivity contribution in [1.82, 2.24) is 9.78 Å². The molecular weight excluding hydrogens is 261 g/mol. The number of carbonyl (C=O) groups is 1. The van der Waals surface area contributed by atoms with Gasteiger partial charge < -0.3 is 4.74 Å². The van der Waals surface area contributed by atoms with Crippen molar-refractivity contribution >= 4 is 5.97 Å². The largest absolute Gasteiger partial charge is 0.465 e. The third-order valence-corrected chi connectivity index (χ3v) is 3.23. The molecule has 1 atom stereocenters. The lowest BCUT2D eigenvalue weighted by molar-refractivity contribution is -0.149. The second-order valence-corrected chi connectivity index (χ2v) is 4.61. The second-order valence-electron chi connectivity index (χ2n) is 4.61.